The minimum atomic E-state index is -4.62. The Balaban J connectivity index is 2.17. The molecule has 0 spiro atoms. The van der Waals surface area contributed by atoms with Crippen molar-refractivity contribution in [3.63, 3.8) is 0 Å². The predicted octanol–water partition coefficient (Wildman–Crippen LogP) is 3.10. The molecule has 0 bridgehead atoms. The molecule has 1 saturated heterocycles. The van der Waals surface area contributed by atoms with E-state index < -0.39 is 29.0 Å². The fourth-order valence-corrected chi connectivity index (χ4v) is 2.25. The molecule has 1 fully saturated rings. The molecule has 21 heavy (non-hydrogen) atoms. The first-order valence-electron chi connectivity index (χ1n) is 6.53. The molecular formula is C14H15F4NO2. The molecule has 1 aliphatic heterocycles. The van der Waals surface area contributed by atoms with E-state index in [1.807, 2.05) is 0 Å². The second-order valence-corrected chi connectivity index (χ2v) is 5.01. The van der Waals surface area contributed by atoms with E-state index >= 15 is 0 Å². The van der Waals surface area contributed by atoms with Gasteiger partial charge in [-0.1, -0.05) is 0 Å². The average Bonchev–Trinajstić information content (AvgIpc) is 2.90. The van der Waals surface area contributed by atoms with Gasteiger partial charge in [-0.2, -0.15) is 13.2 Å². The van der Waals surface area contributed by atoms with E-state index in [9.17, 15) is 22.4 Å². The Hall–Kier alpha value is -1.63. The zero-order valence-electron chi connectivity index (χ0n) is 11.4. The summed E-state index contributed by atoms with van der Waals surface area (Å²) in [5, 5.41) is 0. The third kappa shape index (κ3) is 3.72. The number of benzene rings is 1. The number of nitrogens with zero attached hydrogens (tertiary/aromatic N) is 1. The molecule has 2 rings (SSSR count). The first kappa shape index (κ1) is 15.8. The van der Waals surface area contributed by atoms with E-state index in [4.69, 9.17) is 4.74 Å². The van der Waals surface area contributed by atoms with Crippen LogP contribution in [0, 0.1) is 5.82 Å². The summed E-state index contributed by atoms with van der Waals surface area (Å²) in [6, 6.07) is 1.83. The second kappa shape index (κ2) is 6.01. The van der Waals surface area contributed by atoms with E-state index in [0.29, 0.717) is 24.8 Å². The number of rotatable bonds is 3. The summed E-state index contributed by atoms with van der Waals surface area (Å²) in [4.78, 5) is 13.3. The molecule has 7 heteroatoms. The fraction of sp³-hybridized carbons (Fsp3) is 0.500. The van der Waals surface area contributed by atoms with E-state index in [1.165, 1.54) is 11.9 Å². The van der Waals surface area contributed by atoms with Gasteiger partial charge in [0.05, 0.1) is 17.2 Å². The van der Waals surface area contributed by atoms with Gasteiger partial charge in [-0.3, -0.25) is 4.79 Å². The largest absolute Gasteiger partial charge is 0.416 e. The van der Waals surface area contributed by atoms with Crippen LogP contribution in [-0.4, -0.2) is 37.1 Å². The van der Waals surface area contributed by atoms with Crippen molar-refractivity contribution >= 4 is 5.91 Å². The minimum Gasteiger partial charge on any atom is -0.376 e. The highest BCUT2D eigenvalue weighted by molar-refractivity contribution is 5.94. The zero-order chi connectivity index (χ0) is 15.6. The highest BCUT2D eigenvalue weighted by Gasteiger charge is 2.32. The van der Waals surface area contributed by atoms with Crippen LogP contribution in [0.25, 0.3) is 0 Å². The zero-order valence-corrected chi connectivity index (χ0v) is 11.4. The molecule has 1 amide bonds. The van der Waals surface area contributed by atoms with Crippen LogP contribution in [-0.2, 0) is 10.9 Å². The fourth-order valence-electron chi connectivity index (χ4n) is 2.25. The van der Waals surface area contributed by atoms with Crippen LogP contribution >= 0.6 is 0 Å². The van der Waals surface area contributed by atoms with Gasteiger partial charge in [-0.25, -0.2) is 4.39 Å². The van der Waals surface area contributed by atoms with Gasteiger partial charge in [0, 0.05) is 20.2 Å². The summed E-state index contributed by atoms with van der Waals surface area (Å²) in [6.07, 6.45) is -3.10. The van der Waals surface area contributed by atoms with Crippen LogP contribution < -0.4 is 0 Å². The van der Waals surface area contributed by atoms with Crippen molar-refractivity contribution < 1.29 is 27.1 Å². The molecule has 1 aromatic rings. The molecule has 0 aliphatic carbocycles. The van der Waals surface area contributed by atoms with Gasteiger partial charge in [0.1, 0.15) is 5.82 Å². The van der Waals surface area contributed by atoms with Crippen molar-refractivity contribution in [3.8, 4) is 0 Å². The van der Waals surface area contributed by atoms with Crippen molar-refractivity contribution in [3.05, 3.63) is 35.1 Å². The number of hydrogen-bond acceptors (Lipinski definition) is 2. The van der Waals surface area contributed by atoms with Gasteiger partial charge in [-0.15, -0.1) is 0 Å². The number of hydrogen-bond donors (Lipinski definition) is 0. The van der Waals surface area contributed by atoms with Gasteiger partial charge in [0.2, 0.25) is 0 Å². The van der Waals surface area contributed by atoms with E-state index in [2.05, 4.69) is 0 Å². The number of carbonyl (C=O) groups is 1. The van der Waals surface area contributed by atoms with Crippen LogP contribution in [0.4, 0.5) is 17.6 Å². The third-order valence-corrected chi connectivity index (χ3v) is 3.37. The number of alkyl halides is 3. The monoisotopic (exact) mass is 305 g/mol. The molecule has 1 unspecified atom stereocenters. The normalized spacial score (nSPS) is 18.8. The summed E-state index contributed by atoms with van der Waals surface area (Å²) in [5.74, 6) is -1.75. The molecule has 1 aliphatic rings. The molecule has 0 saturated carbocycles. The first-order chi connectivity index (χ1) is 9.79. The molecule has 1 aromatic carbocycles. The smallest absolute Gasteiger partial charge is 0.376 e. The number of likely N-dealkylation sites (N-methyl/N-ethyl adjacent to an activating group) is 1. The van der Waals surface area contributed by atoms with Crippen molar-refractivity contribution in [1.82, 2.24) is 4.90 Å². The third-order valence-electron chi connectivity index (χ3n) is 3.37. The lowest BCUT2D eigenvalue weighted by Gasteiger charge is -2.21. The molecule has 3 nitrogen and oxygen atoms in total. The Morgan fingerprint density at radius 3 is 2.71 bits per heavy atom. The lowest BCUT2D eigenvalue weighted by Crippen LogP contribution is -2.34. The molecule has 0 aromatic heterocycles. The highest BCUT2D eigenvalue weighted by Crippen LogP contribution is 2.30. The van der Waals surface area contributed by atoms with Crippen molar-refractivity contribution in [2.75, 3.05) is 20.2 Å². The topological polar surface area (TPSA) is 29.5 Å². The lowest BCUT2D eigenvalue weighted by molar-refractivity contribution is -0.137. The standard InChI is InChI=1S/C14H15F4NO2/c1-19(8-10-3-2-6-21-10)13(20)11-7-9(14(16,17)18)4-5-12(11)15/h4-5,7,10H,2-3,6,8H2,1H3. The van der Waals surface area contributed by atoms with Crippen molar-refractivity contribution in [1.29, 1.82) is 0 Å². The second-order valence-electron chi connectivity index (χ2n) is 5.01. The summed E-state index contributed by atoms with van der Waals surface area (Å²) in [5.41, 5.74) is -1.62. The number of ether oxygens (including phenoxy) is 1. The van der Waals surface area contributed by atoms with Gasteiger partial charge in [0.15, 0.2) is 0 Å². The maximum Gasteiger partial charge on any atom is 0.416 e. The van der Waals surface area contributed by atoms with Crippen LogP contribution in [0.2, 0.25) is 0 Å². The highest BCUT2D eigenvalue weighted by atomic mass is 19.4. The minimum absolute atomic E-state index is 0.146. The Morgan fingerprint density at radius 1 is 1.43 bits per heavy atom. The Morgan fingerprint density at radius 2 is 2.14 bits per heavy atom. The Labute approximate surface area is 119 Å². The van der Waals surface area contributed by atoms with Crippen LogP contribution in [0.5, 0.6) is 0 Å². The van der Waals surface area contributed by atoms with Crippen molar-refractivity contribution in [2.45, 2.75) is 25.1 Å². The van der Waals surface area contributed by atoms with Gasteiger partial charge >= 0.3 is 6.18 Å². The van der Waals surface area contributed by atoms with Crippen LogP contribution in [0.3, 0.4) is 0 Å². The first-order valence-corrected chi connectivity index (χ1v) is 6.53. The summed E-state index contributed by atoms with van der Waals surface area (Å²) in [6.45, 7) is 0.832. The van der Waals surface area contributed by atoms with Gasteiger partial charge < -0.3 is 9.64 Å². The molecule has 1 heterocycles. The van der Waals surface area contributed by atoms with Crippen LogP contribution in [0.15, 0.2) is 18.2 Å². The molecule has 116 valence electrons. The summed E-state index contributed by atoms with van der Waals surface area (Å²) < 4.78 is 56.9. The predicted molar refractivity (Wildman–Crippen MR) is 67.3 cm³/mol. The number of amides is 1. The van der Waals surface area contributed by atoms with Crippen LogP contribution in [0.1, 0.15) is 28.8 Å². The number of halogens is 4. The summed E-state index contributed by atoms with van der Waals surface area (Å²) in [7, 11) is 1.42. The molecule has 0 N–H and O–H groups in total. The maximum absolute atomic E-state index is 13.6. The maximum atomic E-state index is 13.6. The van der Waals surface area contributed by atoms with E-state index in [1.54, 1.807) is 0 Å². The lowest BCUT2D eigenvalue weighted by atomic mass is 10.1. The number of carbonyl (C=O) groups excluding carboxylic acids is 1. The summed E-state index contributed by atoms with van der Waals surface area (Å²) >= 11 is 0. The molecule has 0 radical (unpaired) electrons. The SMILES string of the molecule is CN(CC1CCCO1)C(=O)c1cc(C(F)(F)F)ccc1F. The van der Waals surface area contributed by atoms with Crippen molar-refractivity contribution in [2.24, 2.45) is 0 Å². The Kier molecular flexibility index (Phi) is 4.51. The van der Waals surface area contributed by atoms with E-state index in [-0.39, 0.29) is 12.6 Å². The van der Waals surface area contributed by atoms with Gasteiger partial charge in [0.25, 0.3) is 5.91 Å². The Bertz CT molecular complexity index is 524. The van der Waals surface area contributed by atoms with Gasteiger partial charge in [-0.05, 0) is 31.0 Å². The molecule has 1 atom stereocenters. The average molecular weight is 305 g/mol. The van der Waals surface area contributed by atoms with E-state index in [0.717, 1.165) is 12.8 Å². The quantitative estimate of drug-likeness (QED) is 0.803. The molecular weight excluding hydrogens is 290 g/mol.